The van der Waals surface area contributed by atoms with Crippen molar-refractivity contribution in [3.63, 3.8) is 0 Å². The number of carbonyl (C=O) groups excluding carboxylic acids is 2. The maximum absolute atomic E-state index is 14.0. The molecule has 0 fully saturated rings. The number of esters is 2. The van der Waals surface area contributed by atoms with Gasteiger partial charge < -0.3 is 18.9 Å². The number of hydrogen-bond donors (Lipinski definition) is 0. The Morgan fingerprint density at radius 3 is 2.37 bits per heavy atom. The number of benzene rings is 3. The summed E-state index contributed by atoms with van der Waals surface area (Å²) < 4.78 is 23.3. The Kier molecular flexibility index (Phi) is 9.17. The number of fused-ring (bicyclic) bond motifs is 1. The summed E-state index contributed by atoms with van der Waals surface area (Å²) in [6.07, 6.45) is 1.76. The maximum atomic E-state index is 14.0. The van der Waals surface area contributed by atoms with Crippen LogP contribution in [0.25, 0.3) is 11.8 Å². The number of thiazole rings is 1. The van der Waals surface area contributed by atoms with Gasteiger partial charge in [-0.2, -0.15) is 0 Å². The second-order valence-electron chi connectivity index (χ2n) is 9.37. The third-order valence-corrected chi connectivity index (χ3v) is 7.61. The van der Waals surface area contributed by atoms with Crippen LogP contribution in [0.4, 0.5) is 0 Å². The lowest BCUT2D eigenvalue weighted by Crippen LogP contribution is -2.40. The van der Waals surface area contributed by atoms with E-state index in [2.05, 4.69) is 0 Å². The monoisotopic (exact) mass is 598 g/mol. The van der Waals surface area contributed by atoms with Gasteiger partial charge in [-0.15, -0.1) is 0 Å². The zero-order valence-corrected chi connectivity index (χ0v) is 24.8. The van der Waals surface area contributed by atoms with Gasteiger partial charge in [0.05, 0.1) is 42.2 Å². The van der Waals surface area contributed by atoms with Gasteiger partial charge >= 0.3 is 11.9 Å². The molecular weight excluding hydrogens is 568 g/mol. The minimum atomic E-state index is -0.804. The Balaban J connectivity index is 1.65. The molecule has 1 aliphatic heterocycles. The van der Waals surface area contributed by atoms with Crippen molar-refractivity contribution >= 4 is 35.0 Å². The van der Waals surface area contributed by atoms with Gasteiger partial charge in [0.15, 0.2) is 11.4 Å². The topological polar surface area (TPSA) is 105 Å². The van der Waals surface area contributed by atoms with Gasteiger partial charge in [-0.05, 0) is 55.3 Å². The Morgan fingerprint density at radius 2 is 1.67 bits per heavy atom. The van der Waals surface area contributed by atoms with Crippen LogP contribution in [0.3, 0.4) is 0 Å². The highest BCUT2D eigenvalue weighted by molar-refractivity contribution is 7.07. The van der Waals surface area contributed by atoms with Crippen molar-refractivity contribution in [3.8, 4) is 11.5 Å². The van der Waals surface area contributed by atoms with E-state index in [-0.39, 0.29) is 31.0 Å². The average molecular weight is 599 g/mol. The van der Waals surface area contributed by atoms with Crippen LogP contribution in [0, 0.1) is 0 Å². The second-order valence-corrected chi connectivity index (χ2v) is 10.4. The number of aromatic nitrogens is 1. The summed E-state index contributed by atoms with van der Waals surface area (Å²) in [5, 5.41) is 0. The lowest BCUT2D eigenvalue weighted by molar-refractivity contribution is -0.145. The number of hydrogen-bond acceptors (Lipinski definition) is 9. The predicted molar refractivity (Wildman–Crippen MR) is 163 cm³/mol. The number of ether oxygens (including phenoxy) is 4. The maximum Gasteiger partial charge on any atom is 0.344 e. The fourth-order valence-corrected chi connectivity index (χ4v) is 5.72. The van der Waals surface area contributed by atoms with Gasteiger partial charge in [-0.3, -0.25) is 9.36 Å². The average Bonchev–Trinajstić information content (AvgIpc) is 3.34. The molecule has 0 spiro atoms. The van der Waals surface area contributed by atoms with E-state index in [9.17, 15) is 14.4 Å². The van der Waals surface area contributed by atoms with Crippen LogP contribution in [-0.4, -0.2) is 43.4 Å². The Morgan fingerprint density at radius 1 is 0.930 bits per heavy atom. The van der Waals surface area contributed by atoms with Crippen LogP contribution in [-0.2, 0) is 19.1 Å². The normalized spacial score (nSPS) is 14.5. The summed E-state index contributed by atoms with van der Waals surface area (Å²) in [6, 6.07) is 22.9. The van der Waals surface area contributed by atoms with Crippen LogP contribution in [0.2, 0.25) is 0 Å². The minimum Gasteiger partial charge on any atom is -0.497 e. The van der Waals surface area contributed by atoms with Gasteiger partial charge in [-0.25, -0.2) is 14.6 Å². The summed E-state index contributed by atoms with van der Waals surface area (Å²) in [6.45, 7) is 3.73. The SMILES string of the molecule is CCOC(=O)COc1ccc(/C=c2/sc3n(c2=O)[C@@H](c2cccc(OC)c2)C(C(=O)OCC)=C(c2ccccc2)N=3)cc1. The molecule has 0 saturated carbocycles. The van der Waals surface area contributed by atoms with Gasteiger partial charge in [-0.1, -0.05) is 65.9 Å². The highest BCUT2D eigenvalue weighted by atomic mass is 32.1. The summed E-state index contributed by atoms with van der Waals surface area (Å²) in [5.41, 5.74) is 2.58. The zero-order valence-electron chi connectivity index (χ0n) is 23.9. The standard InChI is InChI=1S/C33H30N2O7S/c1-4-40-27(36)20-42-24-16-14-21(15-17-24)18-26-31(37)35-30(23-12-9-13-25(19-23)39-3)28(32(38)41-5-2)29(34-33(35)43-26)22-10-7-6-8-11-22/h6-19,30H,4-5,20H2,1-3H3/b26-18+/t30-/m0/s1. The van der Waals surface area contributed by atoms with Crippen LogP contribution in [0.1, 0.15) is 36.6 Å². The molecule has 0 amide bonds. The minimum absolute atomic E-state index is 0.166. The molecular formula is C33H30N2O7S. The van der Waals surface area contributed by atoms with Gasteiger partial charge in [0, 0.05) is 5.56 Å². The molecule has 1 atom stereocenters. The van der Waals surface area contributed by atoms with Gasteiger partial charge in [0.1, 0.15) is 11.5 Å². The molecule has 0 saturated heterocycles. The first-order chi connectivity index (χ1) is 20.9. The smallest absolute Gasteiger partial charge is 0.344 e. The lowest BCUT2D eigenvalue weighted by atomic mass is 9.93. The van der Waals surface area contributed by atoms with Crippen LogP contribution in [0.15, 0.2) is 94.2 Å². The van der Waals surface area contributed by atoms with E-state index in [0.717, 1.165) is 11.1 Å². The molecule has 220 valence electrons. The van der Waals surface area contributed by atoms with E-state index in [1.165, 1.54) is 11.3 Å². The van der Waals surface area contributed by atoms with E-state index in [4.69, 9.17) is 23.9 Å². The molecule has 9 nitrogen and oxygen atoms in total. The first-order valence-corrected chi connectivity index (χ1v) is 14.6. The molecule has 0 unspecified atom stereocenters. The first kappa shape index (κ1) is 29.5. The molecule has 2 heterocycles. The molecule has 0 N–H and O–H groups in total. The summed E-state index contributed by atoms with van der Waals surface area (Å²) in [7, 11) is 1.56. The predicted octanol–water partition coefficient (Wildman–Crippen LogP) is 3.89. The quantitative estimate of drug-likeness (QED) is 0.255. The molecule has 0 aliphatic carbocycles. The molecule has 4 aromatic rings. The number of carbonyl (C=O) groups is 2. The van der Waals surface area contributed by atoms with Crippen LogP contribution < -0.4 is 24.4 Å². The number of rotatable bonds is 10. The molecule has 5 rings (SSSR count). The third-order valence-electron chi connectivity index (χ3n) is 6.62. The molecule has 1 aliphatic rings. The summed E-state index contributed by atoms with van der Waals surface area (Å²) >= 11 is 1.23. The highest BCUT2D eigenvalue weighted by Crippen LogP contribution is 2.36. The molecule has 3 aromatic carbocycles. The molecule has 43 heavy (non-hydrogen) atoms. The van der Waals surface area contributed by atoms with Crippen LogP contribution >= 0.6 is 11.3 Å². The second kappa shape index (κ2) is 13.3. The fourth-order valence-electron chi connectivity index (χ4n) is 4.72. The Bertz CT molecular complexity index is 1840. The highest BCUT2D eigenvalue weighted by Gasteiger charge is 2.35. The molecule has 0 bridgehead atoms. The third kappa shape index (κ3) is 6.44. The first-order valence-electron chi connectivity index (χ1n) is 13.7. The zero-order chi connectivity index (χ0) is 30.3. The molecule has 0 radical (unpaired) electrons. The summed E-state index contributed by atoms with van der Waals surface area (Å²) in [4.78, 5) is 44.5. The summed E-state index contributed by atoms with van der Waals surface area (Å²) in [5.74, 6) is 0.0866. The Hall–Kier alpha value is -4.96. The van der Waals surface area contributed by atoms with Gasteiger partial charge in [0.25, 0.3) is 5.56 Å². The van der Waals surface area contributed by atoms with Crippen molar-refractivity contribution in [1.82, 2.24) is 4.57 Å². The molecule has 10 heteroatoms. The van der Waals surface area contributed by atoms with E-state index >= 15 is 0 Å². The van der Waals surface area contributed by atoms with Crippen molar-refractivity contribution in [3.05, 3.63) is 121 Å². The van der Waals surface area contributed by atoms with E-state index < -0.39 is 18.0 Å². The Labute approximate surface area is 252 Å². The van der Waals surface area contributed by atoms with Gasteiger partial charge in [0.2, 0.25) is 0 Å². The molecule has 1 aromatic heterocycles. The van der Waals surface area contributed by atoms with E-state index in [1.807, 2.05) is 48.5 Å². The fraction of sp³-hybridized carbons (Fsp3) is 0.212. The van der Waals surface area contributed by atoms with Crippen molar-refractivity contribution in [2.75, 3.05) is 26.9 Å². The van der Waals surface area contributed by atoms with Crippen molar-refractivity contribution < 1.29 is 28.5 Å². The van der Waals surface area contributed by atoms with E-state index in [1.54, 1.807) is 61.9 Å². The van der Waals surface area contributed by atoms with Crippen LogP contribution in [0.5, 0.6) is 11.5 Å². The lowest BCUT2D eigenvalue weighted by Gasteiger charge is -2.26. The van der Waals surface area contributed by atoms with Crippen molar-refractivity contribution in [2.45, 2.75) is 19.9 Å². The number of methoxy groups -OCH3 is 1. The van der Waals surface area contributed by atoms with Crippen molar-refractivity contribution in [1.29, 1.82) is 0 Å². The largest absolute Gasteiger partial charge is 0.497 e. The van der Waals surface area contributed by atoms with Crippen molar-refractivity contribution in [2.24, 2.45) is 4.99 Å². The number of nitrogens with zero attached hydrogens (tertiary/aromatic N) is 2. The van der Waals surface area contributed by atoms with E-state index in [0.29, 0.717) is 32.1 Å².